The molecule has 1 atom stereocenters. The van der Waals surface area contributed by atoms with Gasteiger partial charge >= 0.3 is 11.9 Å². The average molecular weight is 157 g/mol. The molecule has 0 spiro atoms. The maximum Gasteiger partial charge on any atom is 0.325 e. The van der Waals surface area contributed by atoms with Crippen LogP contribution < -0.4 is 0 Å². The second-order valence-electron chi connectivity index (χ2n) is 2.01. The third kappa shape index (κ3) is 3.92. The summed E-state index contributed by atoms with van der Waals surface area (Å²) in [7, 11) is 0. The van der Waals surface area contributed by atoms with Crippen LogP contribution in [0.4, 0.5) is 0 Å². The van der Waals surface area contributed by atoms with E-state index >= 15 is 0 Å². The molecule has 0 fully saturated rings. The molecule has 5 heteroatoms. The zero-order valence-electron chi connectivity index (χ0n) is 5.90. The first-order valence-electron chi connectivity index (χ1n) is 2.89. The minimum atomic E-state index is -1.09. The number of esters is 1. The van der Waals surface area contributed by atoms with E-state index in [1.54, 1.807) is 0 Å². The summed E-state index contributed by atoms with van der Waals surface area (Å²) in [6, 6.07) is 0. The number of nitriles is 1. The Morgan fingerprint density at radius 1 is 1.73 bits per heavy atom. The van der Waals surface area contributed by atoms with Gasteiger partial charge in [0.05, 0.1) is 12.3 Å². The standard InChI is InChI=1S/C6H7NO4/c1-4(2-5(8)9)6(10)11-3-7/h4H,2H2,1H3,(H,8,9). The summed E-state index contributed by atoms with van der Waals surface area (Å²) in [6.07, 6.45) is 0.860. The van der Waals surface area contributed by atoms with Crippen LogP contribution >= 0.6 is 0 Å². The van der Waals surface area contributed by atoms with Crippen molar-refractivity contribution in [2.24, 2.45) is 5.92 Å². The number of nitrogens with zero attached hydrogens (tertiary/aromatic N) is 1. The van der Waals surface area contributed by atoms with E-state index in [0.717, 1.165) is 0 Å². The molecule has 0 aliphatic heterocycles. The zero-order valence-corrected chi connectivity index (χ0v) is 5.90. The van der Waals surface area contributed by atoms with E-state index in [2.05, 4.69) is 4.74 Å². The number of carbonyl (C=O) groups is 2. The van der Waals surface area contributed by atoms with Crippen molar-refractivity contribution in [2.45, 2.75) is 13.3 Å². The molecule has 0 aliphatic rings. The molecule has 60 valence electrons. The molecule has 5 nitrogen and oxygen atoms in total. The van der Waals surface area contributed by atoms with Crippen molar-refractivity contribution >= 4 is 11.9 Å². The Bertz CT molecular complexity index is 205. The molecule has 0 rings (SSSR count). The van der Waals surface area contributed by atoms with Crippen LogP contribution in [0.1, 0.15) is 13.3 Å². The average Bonchev–Trinajstić information content (AvgIpc) is 1.86. The van der Waals surface area contributed by atoms with E-state index in [9.17, 15) is 9.59 Å². The second-order valence-corrected chi connectivity index (χ2v) is 2.01. The molecule has 0 amide bonds. The van der Waals surface area contributed by atoms with E-state index in [0.29, 0.717) is 0 Å². The Balaban J connectivity index is 3.85. The van der Waals surface area contributed by atoms with Crippen LogP contribution in [0.15, 0.2) is 0 Å². The van der Waals surface area contributed by atoms with E-state index in [1.807, 2.05) is 0 Å². The third-order valence-corrected chi connectivity index (χ3v) is 1.03. The van der Waals surface area contributed by atoms with Crippen molar-refractivity contribution in [1.29, 1.82) is 5.26 Å². The van der Waals surface area contributed by atoms with Crippen molar-refractivity contribution in [1.82, 2.24) is 0 Å². The molecule has 0 bridgehead atoms. The Morgan fingerprint density at radius 2 is 2.27 bits per heavy atom. The van der Waals surface area contributed by atoms with Gasteiger partial charge < -0.3 is 9.84 Å². The summed E-state index contributed by atoms with van der Waals surface area (Å²) in [5, 5.41) is 16.1. The molecule has 11 heavy (non-hydrogen) atoms. The zero-order chi connectivity index (χ0) is 8.85. The van der Waals surface area contributed by atoms with E-state index in [-0.39, 0.29) is 6.42 Å². The minimum absolute atomic E-state index is 0.319. The topological polar surface area (TPSA) is 87.4 Å². The Hall–Kier alpha value is -1.57. The molecule has 0 aromatic heterocycles. The highest BCUT2D eigenvalue weighted by atomic mass is 16.5. The van der Waals surface area contributed by atoms with Gasteiger partial charge in [-0.15, -0.1) is 5.26 Å². The largest absolute Gasteiger partial charge is 0.481 e. The van der Waals surface area contributed by atoms with Gasteiger partial charge in [-0.25, -0.2) is 0 Å². The summed E-state index contributed by atoms with van der Waals surface area (Å²) in [5.41, 5.74) is 0. The molecule has 0 aromatic rings. The summed E-state index contributed by atoms with van der Waals surface area (Å²) in [4.78, 5) is 20.6. The smallest absolute Gasteiger partial charge is 0.325 e. The quantitative estimate of drug-likeness (QED) is 0.464. The van der Waals surface area contributed by atoms with Crippen molar-refractivity contribution in [3.8, 4) is 6.26 Å². The molecule has 0 heterocycles. The third-order valence-electron chi connectivity index (χ3n) is 1.03. The first-order valence-corrected chi connectivity index (χ1v) is 2.89. The van der Waals surface area contributed by atoms with Gasteiger partial charge in [-0.1, -0.05) is 6.92 Å². The van der Waals surface area contributed by atoms with Gasteiger partial charge in [0.15, 0.2) is 0 Å². The van der Waals surface area contributed by atoms with E-state index < -0.39 is 17.9 Å². The number of hydrogen-bond acceptors (Lipinski definition) is 4. The van der Waals surface area contributed by atoms with Crippen LogP contribution in [-0.2, 0) is 14.3 Å². The van der Waals surface area contributed by atoms with Crippen molar-refractivity contribution in [3.05, 3.63) is 0 Å². The van der Waals surface area contributed by atoms with Crippen molar-refractivity contribution < 1.29 is 19.4 Å². The van der Waals surface area contributed by atoms with Gasteiger partial charge in [0.25, 0.3) is 6.26 Å². The van der Waals surface area contributed by atoms with Gasteiger partial charge in [-0.05, 0) is 0 Å². The van der Waals surface area contributed by atoms with Crippen LogP contribution in [0.2, 0.25) is 0 Å². The number of carboxylic acid groups (broad SMARTS) is 1. The Morgan fingerprint density at radius 3 is 2.64 bits per heavy atom. The van der Waals surface area contributed by atoms with Gasteiger partial charge in [-0.3, -0.25) is 9.59 Å². The SMILES string of the molecule is CC(CC(=O)O)C(=O)OC#N. The molecule has 0 radical (unpaired) electrons. The summed E-state index contributed by atoms with van der Waals surface area (Å²) in [5.74, 6) is -2.67. The lowest BCUT2D eigenvalue weighted by Gasteiger charge is -2.01. The summed E-state index contributed by atoms with van der Waals surface area (Å²) < 4.78 is 3.91. The highest BCUT2D eigenvalue weighted by Gasteiger charge is 2.17. The molecule has 0 saturated carbocycles. The Labute approximate surface area is 63.2 Å². The predicted octanol–water partition coefficient (Wildman–Crippen LogP) is 0.121. The minimum Gasteiger partial charge on any atom is -0.481 e. The van der Waals surface area contributed by atoms with Gasteiger partial charge in [0, 0.05) is 0 Å². The maximum absolute atomic E-state index is 10.6. The lowest BCUT2D eigenvalue weighted by Crippen LogP contribution is -2.16. The summed E-state index contributed by atoms with van der Waals surface area (Å²) >= 11 is 0. The van der Waals surface area contributed by atoms with E-state index in [1.165, 1.54) is 13.2 Å². The first kappa shape index (κ1) is 9.43. The fourth-order valence-electron chi connectivity index (χ4n) is 0.491. The monoisotopic (exact) mass is 157 g/mol. The molecule has 1 unspecified atom stereocenters. The number of rotatable bonds is 3. The lowest BCUT2D eigenvalue weighted by molar-refractivity contribution is -0.147. The number of carbonyl (C=O) groups excluding carboxylic acids is 1. The van der Waals surface area contributed by atoms with Crippen molar-refractivity contribution in [3.63, 3.8) is 0 Å². The van der Waals surface area contributed by atoms with E-state index in [4.69, 9.17) is 10.4 Å². The summed E-state index contributed by atoms with van der Waals surface area (Å²) in [6.45, 7) is 1.38. The van der Waals surface area contributed by atoms with Crippen LogP contribution in [0, 0.1) is 17.4 Å². The second kappa shape index (κ2) is 4.28. The molecule has 0 aliphatic carbocycles. The lowest BCUT2D eigenvalue weighted by atomic mass is 10.1. The normalized spacial score (nSPS) is 11.3. The van der Waals surface area contributed by atoms with Crippen LogP contribution in [0.5, 0.6) is 0 Å². The number of carboxylic acids is 1. The fourth-order valence-corrected chi connectivity index (χ4v) is 0.491. The van der Waals surface area contributed by atoms with Crippen molar-refractivity contribution in [2.75, 3.05) is 0 Å². The maximum atomic E-state index is 10.6. The molecular formula is C6H7NO4. The van der Waals surface area contributed by atoms with Gasteiger partial charge in [0.2, 0.25) is 0 Å². The first-order chi connectivity index (χ1) is 5.07. The van der Waals surface area contributed by atoms with Gasteiger partial charge in [0.1, 0.15) is 0 Å². The molecule has 0 saturated heterocycles. The van der Waals surface area contributed by atoms with Gasteiger partial charge in [-0.2, -0.15) is 0 Å². The van der Waals surface area contributed by atoms with Crippen LogP contribution in [0.3, 0.4) is 0 Å². The molecule has 0 aromatic carbocycles. The Kier molecular flexibility index (Phi) is 3.67. The van der Waals surface area contributed by atoms with Crippen LogP contribution in [-0.4, -0.2) is 17.0 Å². The van der Waals surface area contributed by atoms with Crippen LogP contribution in [0.25, 0.3) is 0 Å². The highest BCUT2D eigenvalue weighted by Crippen LogP contribution is 2.03. The number of aliphatic carboxylic acids is 1. The fraction of sp³-hybridized carbons (Fsp3) is 0.500. The predicted molar refractivity (Wildman–Crippen MR) is 33.1 cm³/mol. The number of ether oxygens (including phenoxy) is 1. The molecular weight excluding hydrogens is 150 g/mol. The molecule has 1 N–H and O–H groups in total. The number of hydrogen-bond donors (Lipinski definition) is 1. The highest BCUT2D eigenvalue weighted by molar-refractivity contribution is 5.79.